The number of halogens is 3. The Kier molecular flexibility index (Phi) is 1.99. The van der Waals surface area contributed by atoms with Gasteiger partial charge in [-0.2, -0.15) is 13.2 Å². The third kappa shape index (κ3) is 1.48. The number of nitrogens with zero attached hydrogens (tertiary/aromatic N) is 1. The Balaban J connectivity index is 2.60. The van der Waals surface area contributed by atoms with Crippen molar-refractivity contribution in [1.29, 1.82) is 0 Å². The van der Waals surface area contributed by atoms with Gasteiger partial charge in [0.2, 0.25) is 0 Å². The SMILES string of the molecule is CN1Cc2c(cccc2C(F)(F)F)C1=O. The first-order valence-electron chi connectivity index (χ1n) is 4.36. The van der Waals surface area contributed by atoms with Crippen molar-refractivity contribution in [1.82, 2.24) is 4.90 Å². The minimum absolute atomic E-state index is 0.0316. The Bertz CT molecular complexity index is 425. The van der Waals surface area contributed by atoms with Gasteiger partial charge in [-0.3, -0.25) is 4.79 Å². The van der Waals surface area contributed by atoms with E-state index in [9.17, 15) is 18.0 Å². The monoisotopic (exact) mass is 215 g/mol. The quantitative estimate of drug-likeness (QED) is 0.650. The zero-order chi connectivity index (χ0) is 11.2. The fraction of sp³-hybridized carbons (Fsp3) is 0.300. The highest BCUT2D eigenvalue weighted by Gasteiger charge is 2.38. The minimum atomic E-state index is -4.39. The molecule has 1 aromatic carbocycles. The second-order valence-electron chi connectivity index (χ2n) is 3.49. The van der Waals surface area contributed by atoms with Gasteiger partial charge in [-0.25, -0.2) is 0 Å². The summed E-state index contributed by atoms with van der Waals surface area (Å²) in [6, 6.07) is 3.69. The second-order valence-corrected chi connectivity index (χ2v) is 3.49. The number of benzene rings is 1. The molecule has 1 heterocycles. The van der Waals surface area contributed by atoms with Crippen molar-refractivity contribution in [3.05, 3.63) is 34.9 Å². The van der Waals surface area contributed by atoms with Gasteiger partial charge >= 0.3 is 6.18 Å². The van der Waals surface area contributed by atoms with Gasteiger partial charge in [0.15, 0.2) is 0 Å². The number of carbonyl (C=O) groups excluding carboxylic acids is 1. The lowest BCUT2D eigenvalue weighted by atomic mass is 10.0. The van der Waals surface area contributed by atoms with E-state index in [1.54, 1.807) is 0 Å². The first-order valence-corrected chi connectivity index (χ1v) is 4.36. The summed E-state index contributed by atoms with van der Waals surface area (Å²) in [4.78, 5) is 12.7. The summed E-state index contributed by atoms with van der Waals surface area (Å²) in [5.74, 6) is -0.351. The minimum Gasteiger partial charge on any atom is -0.337 e. The molecule has 1 aliphatic rings. The normalized spacial score (nSPS) is 15.7. The van der Waals surface area contributed by atoms with Crippen LogP contribution in [0.5, 0.6) is 0 Å². The number of alkyl halides is 3. The molecule has 0 aromatic heterocycles. The van der Waals surface area contributed by atoms with E-state index in [0.717, 1.165) is 6.07 Å². The first kappa shape index (κ1) is 10.0. The zero-order valence-electron chi connectivity index (χ0n) is 7.93. The third-order valence-electron chi connectivity index (χ3n) is 2.45. The van der Waals surface area contributed by atoms with Crippen LogP contribution in [-0.4, -0.2) is 17.9 Å². The van der Waals surface area contributed by atoms with Crippen LogP contribution in [0, 0.1) is 0 Å². The Morgan fingerprint density at radius 3 is 2.60 bits per heavy atom. The fourth-order valence-corrected chi connectivity index (χ4v) is 1.74. The van der Waals surface area contributed by atoms with Crippen molar-refractivity contribution in [3.8, 4) is 0 Å². The molecule has 0 radical (unpaired) electrons. The van der Waals surface area contributed by atoms with Crippen LogP contribution in [0.4, 0.5) is 13.2 Å². The smallest absolute Gasteiger partial charge is 0.337 e. The molecule has 15 heavy (non-hydrogen) atoms. The van der Waals surface area contributed by atoms with Crippen LogP contribution in [0.3, 0.4) is 0 Å². The van der Waals surface area contributed by atoms with Crippen molar-refractivity contribution in [3.63, 3.8) is 0 Å². The molecule has 0 atom stereocenters. The van der Waals surface area contributed by atoms with Crippen LogP contribution in [0.2, 0.25) is 0 Å². The first-order chi connectivity index (χ1) is 6.91. The summed E-state index contributed by atoms with van der Waals surface area (Å²) < 4.78 is 37.7. The molecule has 0 saturated heterocycles. The summed E-state index contributed by atoms with van der Waals surface area (Å²) in [6.07, 6.45) is -4.39. The molecule has 2 nitrogen and oxygen atoms in total. The largest absolute Gasteiger partial charge is 0.416 e. The number of amides is 1. The van der Waals surface area contributed by atoms with Gasteiger partial charge in [-0.15, -0.1) is 0 Å². The van der Waals surface area contributed by atoms with Gasteiger partial charge in [0, 0.05) is 19.2 Å². The van der Waals surface area contributed by atoms with E-state index in [-0.39, 0.29) is 23.6 Å². The second kappa shape index (κ2) is 2.98. The average molecular weight is 215 g/mol. The van der Waals surface area contributed by atoms with E-state index >= 15 is 0 Å². The van der Waals surface area contributed by atoms with Gasteiger partial charge in [-0.05, 0) is 17.7 Å². The van der Waals surface area contributed by atoms with Crippen molar-refractivity contribution in [2.75, 3.05) is 7.05 Å². The summed E-state index contributed by atoms with van der Waals surface area (Å²) in [5, 5.41) is 0. The molecule has 0 saturated carbocycles. The predicted molar refractivity (Wildman–Crippen MR) is 47.2 cm³/mol. The molecule has 0 unspecified atom stereocenters. The number of fused-ring (bicyclic) bond motifs is 1. The van der Waals surface area contributed by atoms with Crippen LogP contribution in [-0.2, 0) is 12.7 Å². The zero-order valence-corrected chi connectivity index (χ0v) is 7.93. The van der Waals surface area contributed by atoms with Crippen LogP contribution in [0.15, 0.2) is 18.2 Å². The highest BCUT2D eigenvalue weighted by Crippen LogP contribution is 2.36. The Morgan fingerprint density at radius 1 is 1.33 bits per heavy atom. The highest BCUT2D eigenvalue weighted by molar-refractivity contribution is 5.98. The predicted octanol–water partition coefficient (Wildman–Crippen LogP) is 2.29. The molecule has 0 aliphatic carbocycles. The van der Waals surface area contributed by atoms with E-state index in [0.29, 0.717) is 0 Å². The van der Waals surface area contributed by atoms with E-state index < -0.39 is 11.7 Å². The van der Waals surface area contributed by atoms with Crippen LogP contribution < -0.4 is 0 Å². The molecule has 1 amide bonds. The van der Waals surface area contributed by atoms with E-state index in [2.05, 4.69) is 0 Å². The van der Waals surface area contributed by atoms with Crippen molar-refractivity contribution in [2.45, 2.75) is 12.7 Å². The van der Waals surface area contributed by atoms with Crippen LogP contribution >= 0.6 is 0 Å². The maximum absolute atomic E-state index is 12.6. The molecule has 0 N–H and O–H groups in total. The number of hydrogen-bond acceptors (Lipinski definition) is 1. The molecule has 1 aromatic rings. The van der Waals surface area contributed by atoms with Gasteiger partial charge in [0.1, 0.15) is 0 Å². The van der Waals surface area contributed by atoms with Crippen LogP contribution in [0.1, 0.15) is 21.5 Å². The van der Waals surface area contributed by atoms with Gasteiger partial charge in [0.25, 0.3) is 5.91 Å². The van der Waals surface area contributed by atoms with Crippen molar-refractivity contribution in [2.24, 2.45) is 0 Å². The molecule has 1 aliphatic heterocycles. The Morgan fingerprint density at radius 2 is 2.00 bits per heavy atom. The number of hydrogen-bond donors (Lipinski definition) is 0. The molecule has 0 spiro atoms. The molecule has 80 valence electrons. The molecular weight excluding hydrogens is 207 g/mol. The van der Waals surface area contributed by atoms with Gasteiger partial charge < -0.3 is 4.90 Å². The fourth-order valence-electron chi connectivity index (χ4n) is 1.74. The van der Waals surface area contributed by atoms with Crippen LogP contribution in [0.25, 0.3) is 0 Å². The van der Waals surface area contributed by atoms with E-state index in [1.807, 2.05) is 0 Å². The molecule has 5 heteroatoms. The summed E-state index contributed by atoms with van der Waals surface area (Å²) >= 11 is 0. The average Bonchev–Trinajstić information content (AvgIpc) is 2.41. The van der Waals surface area contributed by atoms with E-state index in [4.69, 9.17) is 0 Å². The molecular formula is C10H8F3NO. The summed E-state index contributed by atoms with van der Waals surface area (Å²) in [7, 11) is 1.49. The molecule has 2 rings (SSSR count). The van der Waals surface area contributed by atoms with Gasteiger partial charge in [0.05, 0.1) is 5.56 Å². The highest BCUT2D eigenvalue weighted by atomic mass is 19.4. The lowest BCUT2D eigenvalue weighted by Gasteiger charge is -2.10. The lowest BCUT2D eigenvalue weighted by molar-refractivity contribution is -0.138. The standard InChI is InChI=1S/C10H8F3NO/c1-14-5-7-6(9(14)15)3-2-4-8(7)10(11,12)13/h2-4H,5H2,1H3. The Labute approximate surface area is 84.3 Å². The number of rotatable bonds is 0. The Hall–Kier alpha value is -1.52. The third-order valence-corrected chi connectivity index (χ3v) is 2.45. The summed E-state index contributed by atoms with van der Waals surface area (Å²) in [5.41, 5.74) is -0.470. The topological polar surface area (TPSA) is 20.3 Å². The van der Waals surface area contributed by atoms with Gasteiger partial charge in [-0.1, -0.05) is 6.07 Å². The number of carbonyl (C=O) groups is 1. The van der Waals surface area contributed by atoms with Crippen molar-refractivity contribution < 1.29 is 18.0 Å². The van der Waals surface area contributed by atoms with E-state index in [1.165, 1.54) is 24.1 Å². The maximum Gasteiger partial charge on any atom is 0.416 e. The summed E-state index contributed by atoms with van der Waals surface area (Å²) in [6.45, 7) is 0.0316. The maximum atomic E-state index is 12.6. The lowest BCUT2D eigenvalue weighted by Crippen LogP contribution is -2.17. The van der Waals surface area contributed by atoms with Crippen molar-refractivity contribution >= 4 is 5.91 Å². The molecule has 0 fully saturated rings. The molecule has 0 bridgehead atoms.